The minimum Gasteiger partial charge on any atom is -0.443 e. The van der Waals surface area contributed by atoms with Crippen LogP contribution >= 0.6 is 0 Å². The van der Waals surface area contributed by atoms with Gasteiger partial charge in [0.2, 0.25) is 10.0 Å². The molecule has 5 atom stereocenters. The molecule has 2 fully saturated rings. The minimum absolute atomic E-state index is 0.0230. The number of nitrogen functional groups attached to an aromatic ring is 1. The molecule has 12 heteroatoms. The van der Waals surface area contributed by atoms with Crippen LogP contribution in [0.15, 0.2) is 59.5 Å². The number of nitrogens with two attached hydrogens (primary N) is 2. The summed E-state index contributed by atoms with van der Waals surface area (Å²) in [7, 11) is -4.06. The lowest BCUT2D eigenvalue weighted by Gasteiger charge is -2.35. The van der Waals surface area contributed by atoms with Crippen molar-refractivity contribution in [1.82, 2.24) is 9.62 Å². The highest BCUT2D eigenvalue weighted by Crippen LogP contribution is 2.33. The average Bonchev–Trinajstić information content (AvgIpc) is 3.53. The van der Waals surface area contributed by atoms with Crippen molar-refractivity contribution in [1.29, 1.82) is 0 Å². The number of fused-ring (bicyclic) bond motifs is 1. The summed E-state index contributed by atoms with van der Waals surface area (Å²) in [5.74, 6) is -0.0398. The lowest BCUT2D eigenvalue weighted by Crippen LogP contribution is -2.52. The second-order valence-electron chi connectivity index (χ2n) is 11.5. The fourth-order valence-electron chi connectivity index (χ4n) is 5.38. The molecule has 0 unspecified atom stereocenters. The minimum atomic E-state index is -4.06. The largest absolute Gasteiger partial charge is 0.443 e. The third kappa shape index (κ3) is 8.18. The van der Waals surface area contributed by atoms with E-state index in [0.717, 1.165) is 12.0 Å². The summed E-state index contributed by atoms with van der Waals surface area (Å²) in [6.45, 7) is 4.84. The van der Waals surface area contributed by atoms with E-state index in [2.05, 4.69) is 5.32 Å². The molecule has 0 aliphatic carbocycles. The Morgan fingerprint density at radius 1 is 1.20 bits per heavy atom. The summed E-state index contributed by atoms with van der Waals surface area (Å²) < 4.78 is 45.7. The highest BCUT2D eigenvalue weighted by Gasteiger charge is 2.44. The van der Waals surface area contributed by atoms with Gasteiger partial charge in [-0.2, -0.15) is 4.31 Å². The summed E-state index contributed by atoms with van der Waals surface area (Å²) >= 11 is 0. The number of ether oxygens (including phenoxy) is 3. The van der Waals surface area contributed by atoms with Crippen molar-refractivity contribution >= 4 is 21.8 Å². The van der Waals surface area contributed by atoms with E-state index in [1.807, 2.05) is 44.2 Å². The molecule has 4 rings (SSSR count). The zero-order chi connectivity index (χ0) is 29.6. The van der Waals surface area contributed by atoms with Crippen molar-refractivity contribution in [3.05, 3.63) is 60.2 Å². The molecule has 1 amide bonds. The standard InChI is InChI=1S/C29H42N4O7S/c1-29(2,12-13-30)19-33(41(36,37)22-10-6-9-21(31)16-22)17-25(34)24(15-20-7-4-3-5-8-20)32-28(35)40-26-18-39-27-23(26)11-14-38-27/h3-10,16,23-27,34H,11-15,17-19,30-31H2,1-2H3,(H,32,35)/t23-,24-,25+,26-,27+/m0/s1. The van der Waals surface area contributed by atoms with Gasteiger partial charge in [-0.25, -0.2) is 13.2 Å². The number of benzene rings is 2. The first-order valence-electron chi connectivity index (χ1n) is 14.0. The number of anilines is 1. The van der Waals surface area contributed by atoms with E-state index in [9.17, 15) is 18.3 Å². The van der Waals surface area contributed by atoms with Crippen LogP contribution in [0.1, 0.15) is 32.3 Å². The molecule has 226 valence electrons. The van der Waals surface area contributed by atoms with Crippen LogP contribution < -0.4 is 16.8 Å². The summed E-state index contributed by atoms with van der Waals surface area (Å²) in [5.41, 5.74) is 12.4. The van der Waals surface area contributed by atoms with E-state index < -0.39 is 39.8 Å². The number of aliphatic hydroxyl groups is 1. The monoisotopic (exact) mass is 590 g/mol. The van der Waals surface area contributed by atoms with Crippen LogP contribution in [0.25, 0.3) is 0 Å². The third-order valence-corrected chi connectivity index (χ3v) is 9.43. The molecule has 11 nitrogen and oxygen atoms in total. The van der Waals surface area contributed by atoms with Crippen LogP contribution in [0.5, 0.6) is 0 Å². The number of nitrogens with zero attached hydrogens (tertiary/aromatic N) is 1. The Balaban J connectivity index is 1.56. The Morgan fingerprint density at radius 3 is 2.66 bits per heavy atom. The average molecular weight is 591 g/mol. The molecule has 2 aliphatic heterocycles. The quantitative estimate of drug-likeness (QED) is 0.256. The first kappa shape index (κ1) is 31.2. The second kappa shape index (κ2) is 13.5. The number of nitrogens with one attached hydrogen (secondary N) is 1. The number of amides is 1. The molecule has 2 heterocycles. The van der Waals surface area contributed by atoms with Crippen LogP contribution in [-0.4, -0.2) is 81.3 Å². The highest BCUT2D eigenvalue weighted by molar-refractivity contribution is 7.89. The zero-order valence-electron chi connectivity index (χ0n) is 23.6. The molecule has 41 heavy (non-hydrogen) atoms. The zero-order valence-corrected chi connectivity index (χ0v) is 24.5. The van der Waals surface area contributed by atoms with Gasteiger partial charge in [-0.3, -0.25) is 0 Å². The van der Waals surface area contributed by atoms with E-state index in [1.165, 1.54) is 16.4 Å². The Morgan fingerprint density at radius 2 is 1.95 bits per heavy atom. The van der Waals surface area contributed by atoms with Crippen LogP contribution in [0, 0.1) is 11.3 Å². The molecular weight excluding hydrogens is 548 g/mol. The van der Waals surface area contributed by atoms with Gasteiger partial charge in [0, 0.05) is 18.8 Å². The van der Waals surface area contributed by atoms with Gasteiger partial charge in [0.15, 0.2) is 6.29 Å². The number of sulfonamides is 1. The van der Waals surface area contributed by atoms with Crippen LogP contribution in [-0.2, 0) is 30.7 Å². The predicted molar refractivity (Wildman–Crippen MR) is 154 cm³/mol. The SMILES string of the molecule is CC(C)(CCN)CN(C[C@@H](O)[C@H](Cc1ccccc1)NC(=O)O[C@H]1CO[C@H]2OCC[C@H]21)S(=O)(=O)c1cccc(N)c1. The molecular formula is C29H42N4O7S. The van der Waals surface area contributed by atoms with Crippen LogP contribution in [0.2, 0.25) is 0 Å². The number of carbonyl (C=O) groups is 1. The van der Waals surface area contributed by atoms with Gasteiger partial charge in [-0.15, -0.1) is 0 Å². The van der Waals surface area contributed by atoms with E-state index in [1.54, 1.807) is 12.1 Å². The lowest BCUT2D eigenvalue weighted by molar-refractivity contribution is -0.0907. The van der Waals surface area contributed by atoms with Crippen molar-refractivity contribution in [2.45, 2.75) is 62.5 Å². The maximum Gasteiger partial charge on any atom is 0.407 e. The second-order valence-corrected chi connectivity index (χ2v) is 13.5. The summed E-state index contributed by atoms with van der Waals surface area (Å²) in [6, 6.07) is 14.6. The van der Waals surface area contributed by atoms with E-state index in [4.69, 9.17) is 25.7 Å². The van der Waals surface area contributed by atoms with Crippen molar-refractivity contribution in [3.63, 3.8) is 0 Å². The van der Waals surface area contributed by atoms with Gasteiger partial charge in [0.05, 0.1) is 36.2 Å². The molecule has 2 aliphatic rings. The predicted octanol–water partition coefficient (Wildman–Crippen LogP) is 2.09. The molecule has 2 aromatic rings. The molecule has 0 bridgehead atoms. The van der Waals surface area contributed by atoms with E-state index in [0.29, 0.717) is 25.3 Å². The number of hydrogen-bond donors (Lipinski definition) is 4. The highest BCUT2D eigenvalue weighted by atomic mass is 32.2. The van der Waals surface area contributed by atoms with E-state index >= 15 is 0 Å². The van der Waals surface area contributed by atoms with Gasteiger partial charge in [0.1, 0.15) is 6.10 Å². The summed E-state index contributed by atoms with van der Waals surface area (Å²) in [4.78, 5) is 13.1. The van der Waals surface area contributed by atoms with Crippen molar-refractivity contribution < 1.29 is 32.5 Å². The summed E-state index contributed by atoms with van der Waals surface area (Å²) in [6.07, 6.45) is -1.26. The van der Waals surface area contributed by atoms with Crippen molar-refractivity contribution in [2.24, 2.45) is 17.1 Å². The normalized spacial score (nSPS) is 22.3. The Labute approximate surface area is 242 Å². The smallest absolute Gasteiger partial charge is 0.407 e. The Kier molecular flexibility index (Phi) is 10.3. The van der Waals surface area contributed by atoms with Gasteiger partial charge in [-0.1, -0.05) is 50.2 Å². The maximum absolute atomic E-state index is 13.8. The summed E-state index contributed by atoms with van der Waals surface area (Å²) in [5, 5.41) is 14.3. The number of rotatable bonds is 13. The van der Waals surface area contributed by atoms with Crippen molar-refractivity contribution in [3.8, 4) is 0 Å². The van der Waals surface area contributed by atoms with Gasteiger partial charge >= 0.3 is 6.09 Å². The Bertz CT molecular complexity index is 1260. The molecule has 0 spiro atoms. The topological polar surface area (TPSA) is 166 Å². The number of aliphatic hydroxyl groups excluding tert-OH is 1. The van der Waals surface area contributed by atoms with Crippen LogP contribution in [0.4, 0.5) is 10.5 Å². The van der Waals surface area contributed by atoms with Gasteiger partial charge in [0.25, 0.3) is 0 Å². The first-order valence-corrected chi connectivity index (χ1v) is 15.4. The first-order chi connectivity index (χ1) is 19.5. The van der Waals surface area contributed by atoms with Gasteiger partial charge in [-0.05, 0) is 55.0 Å². The maximum atomic E-state index is 13.8. The fraction of sp³-hybridized carbons (Fsp3) is 0.552. The van der Waals surface area contributed by atoms with Crippen LogP contribution in [0.3, 0.4) is 0 Å². The molecule has 0 saturated carbocycles. The van der Waals surface area contributed by atoms with Gasteiger partial charge < -0.3 is 36.1 Å². The molecule has 0 radical (unpaired) electrons. The Hall–Kier alpha value is -2.74. The van der Waals surface area contributed by atoms with E-state index in [-0.39, 0.29) is 43.2 Å². The molecule has 2 saturated heterocycles. The molecule has 0 aromatic heterocycles. The number of alkyl carbamates (subject to hydrolysis) is 1. The van der Waals surface area contributed by atoms with Crippen molar-refractivity contribution in [2.75, 3.05) is 38.6 Å². The lowest BCUT2D eigenvalue weighted by atomic mass is 9.89. The fourth-order valence-corrected chi connectivity index (χ4v) is 7.08. The number of hydrogen-bond acceptors (Lipinski definition) is 9. The molecule has 2 aromatic carbocycles. The molecule has 6 N–H and O–H groups in total. The number of carbonyl (C=O) groups excluding carboxylic acids is 1. The third-order valence-electron chi connectivity index (χ3n) is 7.62.